The summed E-state index contributed by atoms with van der Waals surface area (Å²) in [5.41, 5.74) is 0. The lowest BCUT2D eigenvalue weighted by atomic mass is 10.0. The Hall–Kier alpha value is -1.10. The van der Waals surface area contributed by atoms with Gasteiger partial charge < -0.3 is 15.1 Å². The minimum atomic E-state index is -1.02. The molecule has 16 heavy (non-hydrogen) atoms. The highest BCUT2D eigenvalue weighted by Gasteiger charge is 2.43. The van der Waals surface area contributed by atoms with E-state index in [2.05, 4.69) is 0 Å². The van der Waals surface area contributed by atoms with Gasteiger partial charge in [0.1, 0.15) is 6.04 Å². The fraction of sp³-hybridized carbons (Fsp3) is 0.818. The molecule has 2 N–H and O–H groups in total. The lowest BCUT2D eigenvalue weighted by Gasteiger charge is -2.24. The molecular weight excluding hydrogens is 210 g/mol. The number of aliphatic hydroxyl groups is 1. The van der Waals surface area contributed by atoms with Crippen molar-refractivity contribution in [2.45, 2.75) is 38.3 Å². The number of likely N-dealkylation sites (tertiary alicyclic amines) is 1. The lowest BCUT2D eigenvalue weighted by Crippen LogP contribution is -2.43. The van der Waals surface area contributed by atoms with Crippen LogP contribution in [0.2, 0.25) is 0 Å². The van der Waals surface area contributed by atoms with Gasteiger partial charge in [0.05, 0.1) is 6.10 Å². The van der Waals surface area contributed by atoms with Gasteiger partial charge in [-0.15, -0.1) is 0 Å². The van der Waals surface area contributed by atoms with E-state index < -0.39 is 18.1 Å². The molecule has 5 nitrogen and oxygen atoms in total. The van der Waals surface area contributed by atoms with Crippen molar-refractivity contribution in [3.63, 3.8) is 0 Å². The van der Waals surface area contributed by atoms with Crippen LogP contribution < -0.4 is 0 Å². The first-order valence-electron chi connectivity index (χ1n) is 5.72. The quantitative estimate of drug-likeness (QED) is 0.715. The van der Waals surface area contributed by atoms with Gasteiger partial charge in [0.2, 0.25) is 5.91 Å². The predicted octanol–water partition coefficient (Wildman–Crippen LogP) is 0.0789. The van der Waals surface area contributed by atoms with Crippen molar-refractivity contribution in [3.8, 4) is 0 Å². The summed E-state index contributed by atoms with van der Waals surface area (Å²) >= 11 is 0. The van der Waals surface area contributed by atoms with E-state index >= 15 is 0 Å². The first-order valence-corrected chi connectivity index (χ1v) is 5.72. The zero-order valence-electron chi connectivity index (χ0n) is 9.30. The van der Waals surface area contributed by atoms with E-state index in [1.807, 2.05) is 6.92 Å². The van der Waals surface area contributed by atoms with Crippen molar-refractivity contribution < 1.29 is 19.8 Å². The molecule has 0 bridgehead atoms. The zero-order chi connectivity index (χ0) is 11.9. The van der Waals surface area contributed by atoms with E-state index in [0.717, 1.165) is 12.8 Å². The van der Waals surface area contributed by atoms with Crippen LogP contribution in [0.25, 0.3) is 0 Å². The van der Waals surface area contributed by atoms with E-state index in [-0.39, 0.29) is 24.8 Å². The van der Waals surface area contributed by atoms with Gasteiger partial charge in [0.25, 0.3) is 0 Å². The molecule has 1 saturated heterocycles. The number of nitrogens with zero attached hydrogens (tertiary/aromatic N) is 1. The standard InChI is InChI=1S/C11H17NO4/c1-6(7-2-3-7)10(14)12-5-8(13)4-9(12)11(15)16/h6-9,13H,2-5H2,1H3,(H,15,16). The topological polar surface area (TPSA) is 77.8 Å². The van der Waals surface area contributed by atoms with Crippen LogP contribution in [0.5, 0.6) is 0 Å². The van der Waals surface area contributed by atoms with E-state index in [0.29, 0.717) is 5.92 Å². The number of hydrogen-bond donors (Lipinski definition) is 2. The van der Waals surface area contributed by atoms with Gasteiger partial charge in [0, 0.05) is 18.9 Å². The highest BCUT2D eigenvalue weighted by atomic mass is 16.4. The summed E-state index contributed by atoms with van der Waals surface area (Å²) in [4.78, 5) is 24.3. The van der Waals surface area contributed by atoms with E-state index in [1.54, 1.807) is 0 Å². The van der Waals surface area contributed by atoms with Gasteiger partial charge in [-0.2, -0.15) is 0 Å². The maximum atomic E-state index is 12.0. The molecule has 0 radical (unpaired) electrons. The van der Waals surface area contributed by atoms with Gasteiger partial charge in [-0.3, -0.25) is 4.79 Å². The summed E-state index contributed by atoms with van der Waals surface area (Å²) in [6, 6.07) is -0.844. The third-order valence-corrected chi connectivity index (χ3v) is 3.57. The van der Waals surface area contributed by atoms with E-state index in [1.165, 1.54) is 4.90 Å². The SMILES string of the molecule is CC(C(=O)N1CC(O)CC1C(=O)O)C1CC1. The number of hydrogen-bond acceptors (Lipinski definition) is 3. The van der Waals surface area contributed by atoms with Crippen LogP contribution in [0.3, 0.4) is 0 Å². The molecule has 1 aliphatic carbocycles. The van der Waals surface area contributed by atoms with Crippen LogP contribution in [0.1, 0.15) is 26.2 Å². The summed E-state index contributed by atoms with van der Waals surface area (Å²) < 4.78 is 0. The fourth-order valence-corrected chi connectivity index (χ4v) is 2.35. The molecule has 1 amide bonds. The number of carbonyl (C=O) groups is 2. The first-order chi connectivity index (χ1) is 7.50. The number of aliphatic hydroxyl groups excluding tert-OH is 1. The Labute approximate surface area is 94.0 Å². The van der Waals surface area contributed by atoms with Crippen molar-refractivity contribution in [1.82, 2.24) is 4.90 Å². The van der Waals surface area contributed by atoms with Crippen LogP contribution in [-0.2, 0) is 9.59 Å². The molecule has 0 aromatic carbocycles. The Morgan fingerprint density at radius 1 is 1.38 bits per heavy atom. The number of aliphatic carboxylic acids is 1. The predicted molar refractivity (Wildman–Crippen MR) is 55.6 cm³/mol. The van der Waals surface area contributed by atoms with Crippen molar-refractivity contribution in [2.24, 2.45) is 11.8 Å². The second kappa shape index (κ2) is 4.05. The highest BCUT2D eigenvalue weighted by Crippen LogP contribution is 2.38. The van der Waals surface area contributed by atoms with Crippen LogP contribution in [0.4, 0.5) is 0 Å². The van der Waals surface area contributed by atoms with Gasteiger partial charge in [-0.25, -0.2) is 4.79 Å². The largest absolute Gasteiger partial charge is 0.480 e. The molecule has 1 heterocycles. The monoisotopic (exact) mass is 227 g/mol. The highest BCUT2D eigenvalue weighted by molar-refractivity contribution is 5.86. The van der Waals surface area contributed by atoms with Gasteiger partial charge in [-0.05, 0) is 18.8 Å². The maximum absolute atomic E-state index is 12.0. The number of carboxylic acid groups (broad SMARTS) is 1. The summed E-state index contributed by atoms with van der Waals surface area (Å²) in [6.45, 7) is 2.01. The average Bonchev–Trinajstić information content (AvgIpc) is 2.99. The molecule has 3 atom stereocenters. The maximum Gasteiger partial charge on any atom is 0.326 e. The number of β-amino-alcohol motifs (C(OH)–C–C–N with tert-alkyl or cyclic N) is 1. The Kier molecular flexibility index (Phi) is 2.88. The molecule has 2 aliphatic rings. The molecule has 2 fully saturated rings. The third kappa shape index (κ3) is 2.04. The van der Waals surface area contributed by atoms with Crippen LogP contribution in [0, 0.1) is 11.8 Å². The van der Waals surface area contributed by atoms with Gasteiger partial charge >= 0.3 is 5.97 Å². The Morgan fingerprint density at radius 3 is 2.50 bits per heavy atom. The zero-order valence-corrected chi connectivity index (χ0v) is 9.30. The van der Waals surface area contributed by atoms with E-state index in [9.17, 15) is 14.7 Å². The summed E-state index contributed by atoms with van der Waals surface area (Å²) in [5.74, 6) is -0.828. The normalized spacial score (nSPS) is 31.5. The summed E-state index contributed by atoms with van der Waals surface area (Å²) in [7, 11) is 0. The first kappa shape index (κ1) is 11.4. The Bertz CT molecular complexity index is 313. The lowest BCUT2D eigenvalue weighted by molar-refractivity contribution is -0.150. The van der Waals surface area contributed by atoms with Gasteiger partial charge in [-0.1, -0.05) is 6.92 Å². The third-order valence-electron chi connectivity index (χ3n) is 3.57. The molecule has 1 saturated carbocycles. The molecule has 3 unspecified atom stereocenters. The van der Waals surface area contributed by atoms with Crippen molar-refractivity contribution in [3.05, 3.63) is 0 Å². The average molecular weight is 227 g/mol. The number of rotatable bonds is 3. The second-order valence-corrected chi connectivity index (χ2v) is 4.86. The molecule has 90 valence electrons. The van der Waals surface area contributed by atoms with Crippen LogP contribution in [0.15, 0.2) is 0 Å². The minimum absolute atomic E-state index is 0.104. The van der Waals surface area contributed by atoms with Gasteiger partial charge in [0.15, 0.2) is 0 Å². The molecule has 1 aliphatic heterocycles. The smallest absolute Gasteiger partial charge is 0.326 e. The molecule has 0 aromatic rings. The van der Waals surface area contributed by atoms with E-state index in [4.69, 9.17) is 5.11 Å². The minimum Gasteiger partial charge on any atom is -0.480 e. The molecule has 2 rings (SSSR count). The number of carboxylic acids is 1. The second-order valence-electron chi connectivity index (χ2n) is 4.86. The van der Waals surface area contributed by atoms with Crippen LogP contribution in [-0.4, -0.2) is 45.7 Å². The molecule has 5 heteroatoms. The van der Waals surface area contributed by atoms with Crippen molar-refractivity contribution in [1.29, 1.82) is 0 Å². The van der Waals surface area contributed by atoms with Crippen LogP contribution >= 0.6 is 0 Å². The summed E-state index contributed by atoms with van der Waals surface area (Å²) in [5, 5.41) is 18.4. The number of carbonyl (C=O) groups excluding carboxylic acids is 1. The van der Waals surface area contributed by atoms with Crippen molar-refractivity contribution in [2.75, 3.05) is 6.54 Å². The molecule has 0 spiro atoms. The Balaban J connectivity index is 2.06. The molecular formula is C11H17NO4. The van der Waals surface area contributed by atoms with Crippen molar-refractivity contribution >= 4 is 11.9 Å². The summed E-state index contributed by atoms with van der Waals surface area (Å²) in [6.07, 6.45) is 1.57. The number of amides is 1. The fourth-order valence-electron chi connectivity index (χ4n) is 2.35. The Morgan fingerprint density at radius 2 is 2.00 bits per heavy atom. The molecule has 0 aromatic heterocycles.